The Hall–Kier alpha value is -1.23. The quantitative estimate of drug-likeness (QED) is 0.802. The first kappa shape index (κ1) is 8.37. The number of halogens is 1. The second-order valence-electron chi connectivity index (χ2n) is 2.56. The number of benzene rings is 1. The normalized spacial score (nSPS) is 18.7. The summed E-state index contributed by atoms with van der Waals surface area (Å²) in [7, 11) is 0. The fraction of sp³-hybridized carbons (Fsp3) is 0.125. The summed E-state index contributed by atoms with van der Waals surface area (Å²) in [4.78, 5) is 10.7. The minimum absolute atomic E-state index is 0.526. The van der Waals surface area contributed by atoms with Gasteiger partial charge in [0.2, 0.25) is 0 Å². The first-order chi connectivity index (χ1) is 6.16. The smallest absolute Gasteiger partial charge is 0.321 e. The van der Waals surface area contributed by atoms with E-state index in [0.717, 1.165) is 4.47 Å². The summed E-state index contributed by atoms with van der Waals surface area (Å²) >= 11 is 3.27. The van der Waals surface area contributed by atoms with Crippen LogP contribution >= 0.6 is 15.9 Å². The van der Waals surface area contributed by atoms with Gasteiger partial charge in [-0.25, -0.2) is 0 Å². The van der Waals surface area contributed by atoms with Crippen molar-refractivity contribution in [2.45, 2.75) is 6.29 Å². The predicted molar refractivity (Wildman–Crippen MR) is 48.4 cm³/mol. The molecular formula is C8H6BrNO3. The van der Waals surface area contributed by atoms with Gasteiger partial charge in [-0.15, -0.1) is 0 Å². The number of hydrogen-bond acceptors (Lipinski definition) is 3. The maximum Gasteiger partial charge on any atom is 0.321 e. The molecule has 0 spiro atoms. The maximum absolute atomic E-state index is 10.7. The Morgan fingerprint density at radius 2 is 2.08 bits per heavy atom. The van der Waals surface area contributed by atoms with Crippen LogP contribution in [0.25, 0.3) is 0 Å². The van der Waals surface area contributed by atoms with Crippen molar-refractivity contribution in [3.8, 4) is 11.5 Å². The van der Waals surface area contributed by atoms with Gasteiger partial charge in [0.25, 0.3) is 5.91 Å². The van der Waals surface area contributed by atoms with Gasteiger partial charge in [-0.05, 0) is 18.2 Å². The largest absolute Gasteiger partial charge is 0.442 e. The summed E-state index contributed by atoms with van der Waals surface area (Å²) in [5, 5.41) is 0. The van der Waals surface area contributed by atoms with Crippen LogP contribution in [0, 0.1) is 0 Å². The van der Waals surface area contributed by atoms with Gasteiger partial charge in [0.05, 0.1) is 0 Å². The first-order valence-corrected chi connectivity index (χ1v) is 4.38. The summed E-state index contributed by atoms with van der Waals surface area (Å²) in [6, 6.07) is 5.23. The molecule has 1 heterocycles. The van der Waals surface area contributed by atoms with Crippen LogP contribution in [0.2, 0.25) is 0 Å². The fourth-order valence-electron chi connectivity index (χ4n) is 1.04. The molecule has 13 heavy (non-hydrogen) atoms. The van der Waals surface area contributed by atoms with Crippen molar-refractivity contribution >= 4 is 21.8 Å². The number of amides is 1. The average Bonchev–Trinajstić information content (AvgIpc) is 2.46. The number of carbonyl (C=O) groups is 1. The minimum atomic E-state index is -0.996. The van der Waals surface area contributed by atoms with E-state index in [1.807, 2.05) is 0 Å². The molecule has 1 atom stereocenters. The van der Waals surface area contributed by atoms with Gasteiger partial charge in [-0.1, -0.05) is 15.9 Å². The van der Waals surface area contributed by atoms with E-state index in [-0.39, 0.29) is 0 Å². The zero-order valence-corrected chi connectivity index (χ0v) is 8.08. The molecule has 5 heteroatoms. The van der Waals surface area contributed by atoms with Crippen molar-refractivity contribution in [3.63, 3.8) is 0 Å². The molecule has 0 fully saturated rings. The zero-order valence-electron chi connectivity index (χ0n) is 6.49. The Morgan fingerprint density at radius 3 is 2.77 bits per heavy atom. The highest BCUT2D eigenvalue weighted by Crippen LogP contribution is 2.36. The molecule has 0 radical (unpaired) electrons. The number of carbonyl (C=O) groups excluding carboxylic acids is 1. The van der Waals surface area contributed by atoms with Gasteiger partial charge in [0, 0.05) is 4.47 Å². The Labute approximate surface area is 82.8 Å². The zero-order chi connectivity index (χ0) is 9.42. The highest BCUT2D eigenvalue weighted by Gasteiger charge is 2.28. The number of nitrogens with two attached hydrogens (primary N) is 1. The third kappa shape index (κ3) is 1.47. The van der Waals surface area contributed by atoms with E-state index in [0.29, 0.717) is 11.5 Å². The molecule has 0 saturated heterocycles. The number of rotatable bonds is 1. The van der Waals surface area contributed by atoms with E-state index in [1.54, 1.807) is 18.2 Å². The summed E-state index contributed by atoms with van der Waals surface area (Å²) in [5.41, 5.74) is 5.01. The van der Waals surface area contributed by atoms with Gasteiger partial charge in [-0.3, -0.25) is 4.79 Å². The standard InChI is InChI=1S/C8H6BrNO3/c9-4-1-2-5-6(3-4)13-8(12-5)7(10)11/h1-3,8H,(H2,10,11). The first-order valence-electron chi connectivity index (χ1n) is 3.59. The van der Waals surface area contributed by atoms with E-state index in [1.165, 1.54) is 0 Å². The number of fused-ring (bicyclic) bond motifs is 1. The van der Waals surface area contributed by atoms with E-state index in [4.69, 9.17) is 15.2 Å². The van der Waals surface area contributed by atoms with Crippen LogP contribution in [0.3, 0.4) is 0 Å². The molecule has 1 amide bonds. The molecule has 0 bridgehead atoms. The highest BCUT2D eigenvalue weighted by molar-refractivity contribution is 9.10. The lowest BCUT2D eigenvalue weighted by Gasteiger charge is -2.03. The Bertz CT molecular complexity index is 366. The van der Waals surface area contributed by atoms with Gasteiger partial charge in [0.1, 0.15) is 0 Å². The molecule has 0 aliphatic carbocycles. The lowest BCUT2D eigenvalue weighted by molar-refractivity contribution is -0.133. The van der Waals surface area contributed by atoms with Crippen molar-refractivity contribution in [2.24, 2.45) is 5.73 Å². The minimum Gasteiger partial charge on any atom is -0.442 e. The van der Waals surface area contributed by atoms with Crippen LogP contribution in [0.15, 0.2) is 22.7 Å². The van der Waals surface area contributed by atoms with Crippen molar-refractivity contribution in [2.75, 3.05) is 0 Å². The van der Waals surface area contributed by atoms with Crippen LogP contribution in [0.5, 0.6) is 11.5 Å². The molecule has 68 valence electrons. The van der Waals surface area contributed by atoms with Gasteiger partial charge < -0.3 is 15.2 Å². The van der Waals surface area contributed by atoms with Crippen molar-refractivity contribution in [1.82, 2.24) is 0 Å². The molecule has 1 aliphatic rings. The molecular weight excluding hydrogens is 238 g/mol. The molecule has 1 aliphatic heterocycles. The SMILES string of the molecule is NC(=O)C1Oc2ccc(Br)cc2O1. The maximum atomic E-state index is 10.7. The number of primary amides is 1. The van der Waals surface area contributed by atoms with Gasteiger partial charge >= 0.3 is 6.29 Å². The Morgan fingerprint density at radius 1 is 1.38 bits per heavy atom. The van der Waals surface area contributed by atoms with Crippen molar-refractivity contribution in [3.05, 3.63) is 22.7 Å². The predicted octanol–water partition coefficient (Wildman–Crippen LogP) is 1.03. The monoisotopic (exact) mass is 243 g/mol. The van der Waals surface area contributed by atoms with E-state index in [9.17, 15) is 4.79 Å². The molecule has 2 rings (SSSR count). The average molecular weight is 244 g/mol. The third-order valence-electron chi connectivity index (χ3n) is 1.61. The Balaban J connectivity index is 2.30. The van der Waals surface area contributed by atoms with E-state index < -0.39 is 12.2 Å². The molecule has 1 aromatic carbocycles. The molecule has 4 nitrogen and oxygen atoms in total. The number of hydrogen-bond donors (Lipinski definition) is 1. The Kier molecular flexibility index (Phi) is 1.88. The summed E-state index contributed by atoms with van der Waals surface area (Å²) in [6.45, 7) is 0. The summed E-state index contributed by atoms with van der Waals surface area (Å²) in [6.07, 6.45) is -0.996. The second-order valence-corrected chi connectivity index (χ2v) is 3.48. The van der Waals surface area contributed by atoms with E-state index in [2.05, 4.69) is 15.9 Å². The highest BCUT2D eigenvalue weighted by atomic mass is 79.9. The van der Waals surface area contributed by atoms with Crippen LogP contribution in [-0.4, -0.2) is 12.2 Å². The topological polar surface area (TPSA) is 61.6 Å². The van der Waals surface area contributed by atoms with Crippen LogP contribution in [0.1, 0.15) is 0 Å². The molecule has 0 saturated carbocycles. The lowest BCUT2D eigenvalue weighted by atomic mass is 10.3. The molecule has 1 unspecified atom stereocenters. The summed E-state index contributed by atoms with van der Waals surface area (Å²) < 4.78 is 11.1. The van der Waals surface area contributed by atoms with Gasteiger partial charge in [0.15, 0.2) is 11.5 Å². The molecule has 1 aromatic rings. The third-order valence-corrected chi connectivity index (χ3v) is 2.10. The van der Waals surface area contributed by atoms with Gasteiger partial charge in [-0.2, -0.15) is 0 Å². The second kappa shape index (κ2) is 2.92. The van der Waals surface area contributed by atoms with Crippen molar-refractivity contribution < 1.29 is 14.3 Å². The molecule has 2 N–H and O–H groups in total. The lowest BCUT2D eigenvalue weighted by Crippen LogP contribution is -2.35. The van der Waals surface area contributed by atoms with Crippen molar-refractivity contribution in [1.29, 1.82) is 0 Å². The molecule has 0 aromatic heterocycles. The van der Waals surface area contributed by atoms with E-state index >= 15 is 0 Å². The van der Waals surface area contributed by atoms with Crippen LogP contribution < -0.4 is 15.2 Å². The fourth-order valence-corrected chi connectivity index (χ4v) is 1.38. The number of ether oxygens (including phenoxy) is 2. The van der Waals surface area contributed by atoms with Crippen LogP contribution in [0.4, 0.5) is 0 Å². The van der Waals surface area contributed by atoms with Crippen LogP contribution in [-0.2, 0) is 4.79 Å². The summed E-state index contributed by atoms with van der Waals surface area (Å²) in [5.74, 6) is 0.428.